The molecule has 2 rings (SSSR count). The van der Waals surface area contributed by atoms with Crippen molar-refractivity contribution in [2.75, 3.05) is 32.1 Å². The Hall–Kier alpha value is -1.30. The van der Waals surface area contributed by atoms with Gasteiger partial charge in [0.15, 0.2) is 6.54 Å². The number of hydrogen-bond acceptors (Lipinski definition) is 3. The molecule has 21 heavy (non-hydrogen) atoms. The van der Waals surface area contributed by atoms with E-state index in [1.54, 1.807) is 25.3 Å². The first-order valence-corrected chi connectivity index (χ1v) is 7.48. The summed E-state index contributed by atoms with van der Waals surface area (Å²) in [6.45, 7) is 6.21. The molecule has 0 aromatic heterocycles. The minimum Gasteiger partial charge on any atom is -0.495 e. The van der Waals surface area contributed by atoms with Crippen molar-refractivity contribution >= 4 is 23.2 Å². The predicted molar refractivity (Wildman–Crippen MR) is 82.2 cm³/mol. The van der Waals surface area contributed by atoms with Gasteiger partial charge in [-0.25, -0.2) is 0 Å². The molecule has 0 bridgehead atoms. The van der Waals surface area contributed by atoms with Crippen molar-refractivity contribution in [3.63, 3.8) is 0 Å². The maximum atomic E-state index is 12.1. The second-order valence-corrected chi connectivity index (χ2v) is 5.90. The largest absolute Gasteiger partial charge is 0.495 e. The maximum absolute atomic E-state index is 12.1. The first-order chi connectivity index (χ1) is 9.97. The Labute approximate surface area is 130 Å². The first kappa shape index (κ1) is 16.1. The van der Waals surface area contributed by atoms with Gasteiger partial charge in [-0.1, -0.05) is 11.6 Å². The van der Waals surface area contributed by atoms with E-state index in [0.29, 0.717) is 23.0 Å². The smallest absolute Gasteiger partial charge is 0.279 e. The van der Waals surface area contributed by atoms with Crippen molar-refractivity contribution < 1.29 is 19.2 Å². The standard InChI is InChI=1S/C15H21ClN2O3/c1-10-7-18(8-11(2)21-10)9-15(19)17-12-4-5-14(20-3)13(16)6-12/h4-6,10-11H,7-9H2,1-3H3,(H,17,19)/p+1/t10-,11-/m0/s1. The number of hydrogen-bond donors (Lipinski definition) is 2. The monoisotopic (exact) mass is 313 g/mol. The molecule has 1 saturated heterocycles. The minimum absolute atomic E-state index is 0.0208. The molecule has 1 heterocycles. The topological polar surface area (TPSA) is 52.0 Å². The molecule has 1 aliphatic heterocycles. The van der Waals surface area contributed by atoms with E-state index in [1.165, 1.54) is 4.90 Å². The zero-order valence-corrected chi connectivity index (χ0v) is 13.4. The van der Waals surface area contributed by atoms with Crippen LogP contribution in [0.1, 0.15) is 13.8 Å². The van der Waals surface area contributed by atoms with Crippen molar-refractivity contribution in [1.29, 1.82) is 0 Å². The Morgan fingerprint density at radius 2 is 2.10 bits per heavy atom. The van der Waals surface area contributed by atoms with Crippen molar-refractivity contribution in [2.24, 2.45) is 0 Å². The Bertz CT molecular complexity index is 500. The molecule has 116 valence electrons. The summed E-state index contributed by atoms with van der Waals surface area (Å²) < 4.78 is 10.8. The van der Waals surface area contributed by atoms with Crippen LogP contribution in [-0.2, 0) is 9.53 Å². The number of methoxy groups -OCH3 is 1. The SMILES string of the molecule is COc1ccc(NC(=O)C[NH+]2C[C@H](C)O[C@@H](C)C2)cc1Cl. The molecule has 1 fully saturated rings. The summed E-state index contributed by atoms with van der Waals surface area (Å²) >= 11 is 6.05. The van der Waals surface area contributed by atoms with Crippen molar-refractivity contribution in [3.8, 4) is 5.75 Å². The summed E-state index contributed by atoms with van der Waals surface area (Å²) in [5.41, 5.74) is 0.680. The van der Waals surface area contributed by atoms with Gasteiger partial charge in [-0.3, -0.25) is 4.79 Å². The molecule has 1 aromatic carbocycles. The average molecular weight is 314 g/mol. The number of morpholine rings is 1. The Balaban J connectivity index is 1.91. The van der Waals surface area contributed by atoms with Crippen molar-refractivity contribution in [1.82, 2.24) is 0 Å². The third kappa shape index (κ3) is 4.59. The second-order valence-electron chi connectivity index (χ2n) is 5.49. The van der Waals surface area contributed by atoms with Gasteiger partial charge in [0.2, 0.25) is 0 Å². The summed E-state index contributed by atoms with van der Waals surface area (Å²) in [5, 5.41) is 3.35. The first-order valence-electron chi connectivity index (χ1n) is 7.10. The van der Waals surface area contributed by atoms with Gasteiger partial charge >= 0.3 is 0 Å². The zero-order valence-electron chi connectivity index (χ0n) is 12.6. The molecular weight excluding hydrogens is 292 g/mol. The molecular formula is C15H22ClN2O3+. The molecule has 1 aliphatic rings. The minimum atomic E-state index is -0.0208. The van der Waals surface area contributed by atoms with E-state index >= 15 is 0 Å². The zero-order chi connectivity index (χ0) is 15.4. The number of anilines is 1. The number of amides is 1. The van der Waals surface area contributed by atoms with Crippen molar-refractivity contribution in [2.45, 2.75) is 26.1 Å². The summed E-state index contributed by atoms with van der Waals surface area (Å²) in [5.74, 6) is 0.573. The number of halogens is 1. The van der Waals surface area contributed by atoms with Crippen LogP contribution < -0.4 is 15.0 Å². The van der Waals surface area contributed by atoms with Gasteiger partial charge < -0.3 is 19.7 Å². The highest BCUT2D eigenvalue weighted by Crippen LogP contribution is 2.26. The molecule has 0 aliphatic carbocycles. The summed E-state index contributed by atoms with van der Waals surface area (Å²) in [7, 11) is 1.56. The molecule has 1 amide bonds. The molecule has 1 aromatic rings. The highest BCUT2D eigenvalue weighted by molar-refractivity contribution is 6.32. The van der Waals surface area contributed by atoms with Crippen LogP contribution in [-0.4, -0.2) is 44.9 Å². The maximum Gasteiger partial charge on any atom is 0.279 e. The molecule has 0 spiro atoms. The number of nitrogens with one attached hydrogen (secondary N) is 2. The highest BCUT2D eigenvalue weighted by atomic mass is 35.5. The lowest BCUT2D eigenvalue weighted by atomic mass is 10.2. The molecule has 2 atom stereocenters. The summed E-state index contributed by atoms with van der Waals surface area (Å²) in [6.07, 6.45) is 0.374. The Kier molecular flexibility index (Phi) is 5.45. The van der Waals surface area contributed by atoms with Crippen LogP contribution in [0.25, 0.3) is 0 Å². The quantitative estimate of drug-likeness (QED) is 0.871. The number of ether oxygens (including phenoxy) is 2. The Morgan fingerprint density at radius 1 is 1.43 bits per heavy atom. The van der Waals surface area contributed by atoms with Gasteiger partial charge in [0, 0.05) is 5.69 Å². The molecule has 2 N–H and O–H groups in total. The fourth-order valence-corrected chi connectivity index (χ4v) is 2.97. The van der Waals surface area contributed by atoms with Gasteiger partial charge in [-0.15, -0.1) is 0 Å². The lowest BCUT2D eigenvalue weighted by Crippen LogP contribution is -3.16. The normalized spacial score (nSPS) is 25.4. The summed E-state index contributed by atoms with van der Waals surface area (Å²) in [4.78, 5) is 13.3. The van der Waals surface area contributed by atoms with Crippen LogP contribution in [0.3, 0.4) is 0 Å². The van der Waals surface area contributed by atoms with Crippen LogP contribution in [0, 0.1) is 0 Å². The third-order valence-corrected chi connectivity index (χ3v) is 3.76. The van der Waals surface area contributed by atoms with Gasteiger partial charge in [-0.2, -0.15) is 0 Å². The fraction of sp³-hybridized carbons (Fsp3) is 0.533. The summed E-state index contributed by atoms with van der Waals surface area (Å²) in [6, 6.07) is 5.21. The molecule has 0 saturated carbocycles. The molecule has 0 radical (unpaired) electrons. The van der Waals surface area contributed by atoms with Gasteiger partial charge in [0.25, 0.3) is 5.91 Å². The molecule has 5 nitrogen and oxygen atoms in total. The number of rotatable bonds is 4. The lowest BCUT2D eigenvalue weighted by molar-refractivity contribution is -0.907. The van der Waals surface area contributed by atoms with Crippen LogP contribution >= 0.6 is 11.6 Å². The van der Waals surface area contributed by atoms with E-state index in [0.717, 1.165) is 13.1 Å². The van der Waals surface area contributed by atoms with Crippen LogP contribution in [0.15, 0.2) is 18.2 Å². The Morgan fingerprint density at radius 3 is 2.67 bits per heavy atom. The van der Waals surface area contributed by atoms with Crippen LogP contribution in [0.4, 0.5) is 5.69 Å². The van der Waals surface area contributed by atoms with E-state index in [4.69, 9.17) is 21.1 Å². The number of benzene rings is 1. The van der Waals surface area contributed by atoms with E-state index in [-0.39, 0.29) is 18.1 Å². The van der Waals surface area contributed by atoms with Crippen LogP contribution in [0.5, 0.6) is 5.75 Å². The van der Waals surface area contributed by atoms with Gasteiger partial charge in [0.05, 0.1) is 12.1 Å². The predicted octanol–water partition coefficient (Wildman–Crippen LogP) is 0.979. The third-order valence-electron chi connectivity index (χ3n) is 3.46. The van der Waals surface area contributed by atoms with Gasteiger partial charge in [-0.05, 0) is 32.0 Å². The fourth-order valence-electron chi connectivity index (χ4n) is 2.71. The second kappa shape index (κ2) is 7.11. The number of carbonyl (C=O) groups excluding carboxylic acids is 1. The highest BCUT2D eigenvalue weighted by Gasteiger charge is 2.27. The molecule has 6 heteroatoms. The van der Waals surface area contributed by atoms with Crippen molar-refractivity contribution in [3.05, 3.63) is 23.2 Å². The van der Waals surface area contributed by atoms with E-state index in [2.05, 4.69) is 5.32 Å². The lowest BCUT2D eigenvalue weighted by Gasteiger charge is -2.31. The van der Waals surface area contributed by atoms with E-state index in [1.807, 2.05) is 13.8 Å². The number of carbonyl (C=O) groups is 1. The molecule has 0 unspecified atom stereocenters. The number of quaternary nitrogens is 1. The van der Waals surface area contributed by atoms with Gasteiger partial charge in [0.1, 0.15) is 31.0 Å². The van der Waals surface area contributed by atoms with E-state index < -0.39 is 0 Å². The average Bonchev–Trinajstić information content (AvgIpc) is 2.37. The van der Waals surface area contributed by atoms with Crippen LogP contribution in [0.2, 0.25) is 5.02 Å². The van der Waals surface area contributed by atoms with E-state index in [9.17, 15) is 4.79 Å².